The molecule has 0 aliphatic carbocycles. The fraction of sp³-hybridized carbons (Fsp3) is 0.615. The second kappa shape index (κ2) is 5.63. The molecule has 1 atom stereocenters. The van der Waals surface area contributed by atoms with Crippen LogP contribution in [0.1, 0.15) is 50.4 Å². The number of hydrogen-bond acceptors (Lipinski definition) is 6. The van der Waals surface area contributed by atoms with Gasteiger partial charge in [0, 0.05) is 25.8 Å². The second-order valence-corrected chi connectivity index (χ2v) is 5.15. The van der Waals surface area contributed by atoms with Crippen molar-refractivity contribution < 1.29 is 14.1 Å². The predicted molar refractivity (Wildman–Crippen MR) is 72.2 cm³/mol. The number of hydrogen-bond donors (Lipinski definition) is 1. The van der Waals surface area contributed by atoms with Crippen molar-refractivity contribution in [1.29, 1.82) is 0 Å². The minimum absolute atomic E-state index is 0.152. The Bertz CT molecular complexity index is 594. The predicted octanol–water partition coefficient (Wildman–Crippen LogP) is 0.561. The first-order chi connectivity index (χ1) is 10.2. The lowest BCUT2D eigenvalue weighted by molar-refractivity contribution is -0.125. The van der Waals surface area contributed by atoms with Gasteiger partial charge < -0.3 is 9.42 Å². The van der Waals surface area contributed by atoms with Crippen LogP contribution in [0.4, 0.5) is 0 Å². The largest absolute Gasteiger partial charge is 0.339 e. The van der Waals surface area contributed by atoms with E-state index < -0.39 is 0 Å². The zero-order chi connectivity index (χ0) is 14.8. The summed E-state index contributed by atoms with van der Waals surface area (Å²) in [6.45, 7) is 2.58. The quantitative estimate of drug-likeness (QED) is 0.877. The molecular formula is C13H17N5O3. The number of hydrazone groups is 1. The van der Waals surface area contributed by atoms with Gasteiger partial charge in [0.1, 0.15) is 5.71 Å². The first kappa shape index (κ1) is 13.7. The van der Waals surface area contributed by atoms with E-state index in [2.05, 4.69) is 20.7 Å². The third-order valence-electron chi connectivity index (χ3n) is 3.75. The first-order valence-corrected chi connectivity index (χ1v) is 7.18. The highest BCUT2D eigenvalue weighted by Crippen LogP contribution is 2.30. The Kier molecular flexibility index (Phi) is 3.68. The lowest BCUT2D eigenvalue weighted by Crippen LogP contribution is -2.40. The molecule has 3 heterocycles. The molecule has 3 rings (SSSR count). The number of nitrogens with zero attached hydrogens (tertiary/aromatic N) is 4. The molecule has 112 valence electrons. The van der Waals surface area contributed by atoms with Crippen LogP contribution in [0.3, 0.4) is 0 Å². The first-order valence-electron chi connectivity index (χ1n) is 7.18. The number of likely N-dealkylation sites (tertiary alicyclic amines) is 1. The smallest absolute Gasteiger partial charge is 0.270 e. The molecule has 0 aromatic carbocycles. The molecule has 8 nitrogen and oxygen atoms in total. The summed E-state index contributed by atoms with van der Waals surface area (Å²) in [5.41, 5.74) is 2.75. The number of carbonyl (C=O) groups excluding carboxylic acids is 2. The lowest BCUT2D eigenvalue weighted by atomic mass is 10.1. The van der Waals surface area contributed by atoms with E-state index in [1.807, 2.05) is 6.92 Å². The van der Waals surface area contributed by atoms with Gasteiger partial charge in [-0.25, -0.2) is 5.43 Å². The van der Waals surface area contributed by atoms with Crippen molar-refractivity contribution in [3.63, 3.8) is 0 Å². The fourth-order valence-electron chi connectivity index (χ4n) is 2.62. The molecule has 21 heavy (non-hydrogen) atoms. The molecule has 0 saturated carbocycles. The van der Waals surface area contributed by atoms with E-state index >= 15 is 0 Å². The molecular weight excluding hydrogens is 274 g/mol. The summed E-state index contributed by atoms with van der Waals surface area (Å²) >= 11 is 0. The molecule has 1 aromatic rings. The zero-order valence-electron chi connectivity index (χ0n) is 11.8. The van der Waals surface area contributed by atoms with E-state index in [1.165, 1.54) is 0 Å². The van der Waals surface area contributed by atoms with Gasteiger partial charge in [-0.2, -0.15) is 10.1 Å². The summed E-state index contributed by atoms with van der Waals surface area (Å²) in [7, 11) is 0. The van der Waals surface area contributed by atoms with E-state index in [0.29, 0.717) is 43.2 Å². The Morgan fingerprint density at radius 2 is 2.33 bits per heavy atom. The summed E-state index contributed by atoms with van der Waals surface area (Å²) in [6, 6.07) is -0.165. The fourth-order valence-corrected chi connectivity index (χ4v) is 2.62. The van der Waals surface area contributed by atoms with Gasteiger partial charge in [0.05, 0.1) is 6.04 Å². The van der Waals surface area contributed by atoms with Crippen LogP contribution in [0.2, 0.25) is 0 Å². The van der Waals surface area contributed by atoms with E-state index in [1.54, 1.807) is 4.90 Å². The molecule has 1 fully saturated rings. The molecule has 1 aromatic heterocycles. The monoisotopic (exact) mass is 291 g/mol. The van der Waals surface area contributed by atoms with Crippen LogP contribution in [0.25, 0.3) is 0 Å². The maximum atomic E-state index is 12.5. The second-order valence-electron chi connectivity index (χ2n) is 5.15. The number of aromatic nitrogens is 2. The van der Waals surface area contributed by atoms with Crippen molar-refractivity contribution in [2.75, 3.05) is 6.54 Å². The van der Waals surface area contributed by atoms with Gasteiger partial charge in [0.2, 0.25) is 11.8 Å². The Morgan fingerprint density at radius 1 is 1.48 bits per heavy atom. The van der Waals surface area contributed by atoms with E-state index in [9.17, 15) is 9.59 Å². The number of carbonyl (C=O) groups is 2. The summed E-state index contributed by atoms with van der Waals surface area (Å²) in [5, 5.41) is 7.84. The van der Waals surface area contributed by atoms with Crippen LogP contribution in [0.15, 0.2) is 9.62 Å². The van der Waals surface area contributed by atoms with E-state index in [-0.39, 0.29) is 17.9 Å². The van der Waals surface area contributed by atoms with Gasteiger partial charge in [-0.05, 0) is 12.8 Å². The molecule has 2 aliphatic heterocycles. The van der Waals surface area contributed by atoms with Crippen molar-refractivity contribution in [2.45, 2.75) is 45.1 Å². The van der Waals surface area contributed by atoms with Gasteiger partial charge in [-0.3, -0.25) is 9.59 Å². The SMILES string of the molecule is CCc1nc([C@H]2CCCN2C(=O)C2=NNC(=O)CC2)no1. The molecule has 0 unspecified atom stereocenters. The Labute approximate surface area is 121 Å². The summed E-state index contributed by atoms with van der Waals surface area (Å²) in [6.07, 6.45) is 3.05. The highest BCUT2D eigenvalue weighted by atomic mass is 16.5. The average molecular weight is 291 g/mol. The van der Waals surface area contributed by atoms with Gasteiger partial charge in [0.25, 0.3) is 5.91 Å². The summed E-state index contributed by atoms with van der Waals surface area (Å²) in [5.74, 6) is 0.820. The number of rotatable bonds is 3. The number of nitrogens with one attached hydrogen (secondary N) is 1. The van der Waals surface area contributed by atoms with Crippen LogP contribution in [-0.4, -0.2) is 39.1 Å². The highest BCUT2D eigenvalue weighted by Gasteiger charge is 2.35. The molecule has 0 bridgehead atoms. The minimum atomic E-state index is -0.165. The Morgan fingerprint density at radius 3 is 3.00 bits per heavy atom. The third-order valence-corrected chi connectivity index (χ3v) is 3.75. The van der Waals surface area contributed by atoms with Crippen LogP contribution < -0.4 is 5.43 Å². The molecule has 8 heteroatoms. The van der Waals surface area contributed by atoms with Crippen LogP contribution in [0, 0.1) is 0 Å². The molecule has 1 N–H and O–H groups in total. The zero-order valence-corrected chi connectivity index (χ0v) is 11.8. The van der Waals surface area contributed by atoms with Crippen molar-refractivity contribution in [3.05, 3.63) is 11.7 Å². The molecule has 2 amide bonds. The normalized spacial score (nSPS) is 22.1. The van der Waals surface area contributed by atoms with Crippen molar-refractivity contribution in [1.82, 2.24) is 20.5 Å². The van der Waals surface area contributed by atoms with Crippen LogP contribution >= 0.6 is 0 Å². The Hall–Kier alpha value is -2.25. The average Bonchev–Trinajstić information content (AvgIpc) is 3.15. The van der Waals surface area contributed by atoms with Gasteiger partial charge in [-0.15, -0.1) is 0 Å². The maximum absolute atomic E-state index is 12.5. The van der Waals surface area contributed by atoms with Gasteiger partial charge in [0.15, 0.2) is 5.82 Å². The van der Waals surface area contributed by atoms with Gasteiger partial charge >= 0.3 is 0 Å². The lowest BCUT2D eigenvalue weighted by Gasteiger charge is -2.23. The topological polar surface area (TPSA) is 101 Å². The number of amides is 2. The van der Waals surface area contributed by atoms with E-state index in [0.717, 1.165) is 12.8 Å². The highest BCUT2D eigenvalue weighted by molar-refractivity contribution is 6.39. The third kappa shape index (κ3) is 2.65. The van der Waals surface area contributed by atoms with Crippen LogP contribution in [0.5, 0.6) is 0 Å². The summed E-state index contributed by atoms with van der Waals surface area (Å²) in [4.78, 5) is 29.7. The minimum Gasteiger partial charge on any atom is -0.339 e. The van der Waals surface area contributed by atoms with E-state index in [4.69, 9.17) is 4.52 Å². The Balaban J connectivity index is 1.77. The molecule has 1 saturated heterocycles. The molecule has 0 spiro atoms. The van der Waals surface area contributed by atoms with Gasteiger partial charge in [-0.1, -0.05) is 12.1 Å². The standard InChI is InChI=1S/C13H17N5O3/c1-2-11-14-12(17-21-11)9-4-3-7-18(9)13(20)8-5-6-10(19)16-15-8/h9H,2-7H2,1H3,(H,16,19)/t9-/m1/s1. The van der Waals surface area contributed by atoms with Crippen LogP contribution in [-0.2, 0) is 16.0 Å². The molecule has 0 radical (unpaired) electrons. The number of aryl methyl sites for hydroxylation is 1. The van der Waals surface area contributed by atoms with Crippen molar-refractivity contribution >= 4 is 17.5 Å². The van der Waals surface area contributed by atoms with Crippen molar-refractivity contribution in [3.8, 4) is 0 Å². The molecule has 2 aliphatic rings. The summed E-state index contributed by atoms with van der Waals surface area (Å²) < 4.78 is 5.13. The van der Waals surface area contributed by atoms with Crippen molar-refractivity contribution in [2.24, 2.45) is 5.10 Å². The maximum Gasteiger partial charge on any atom is 0.270 e.